The molecule has 114 valence electrons. The maximum absolute atomic E-state index is 11.9. The van der Waals surface area contributed by atoms with Crippen molar-refractivity contribution in [2.24, 2.45) is 0 Å². The van der Waals surface area contributed by atoms with E-state index in [1.807, 2.05) is 42.5 Å². The standard InChI is InChI=1S/C17H20N4O/c22-17(13-18-14-6-2-1-3-7-14)20-15-8-9-16(19-12-15)21-10-4-5-11-21/h1-3,6-9,12,18H,4-5,10-11,13H2,(H,20,22). The minimum atomic E-state index is -0.0837. The summed E-state index contributed by atoms with van der Waals surface area (Å²) in [7, 11) is 0. The predicted molar refractivity (Wildman–Crippen MR) is 89.2 cm³/mol. The Bertz CT molecular complexity index is 606. The number of carbonyl (C=O) groups excluding carboxylic acids is 1. The first-order valence-electron chi connectivity index (χ1n) is 7.61. The lowest BCUT2D eigenvalue weighted by Crippen LogP contribution is -2.22. The minimum absolute atomic E-state index is 0.0837. The van der Waals surface area contributed by atoms with Crippen LogP contribution in [-0.2, 0) is 4.79 Å². The molecule has 2 heterocycles. The molecule has 1 aromatic heterocycles. The molecule has 2 N–H and O–H groups in total. The van der Waals surface area contributed by atoms with Gasteiger partial charge in [0.15, 0.2) is 0 Å². The number of pyridine rings is 1. The molecule has 3 rings (SSSR count). The van der Waals surface area contributed by atoms with E-state index in [0.717, 1.165) is 30.3 Å². The molecule has 1 saturated heterocycles. The molecule has 0 radical (unpaired) electrons. The second kappa shape index (κ2) is 6.93. The highest BCUT2D eigenvalue weighted by Gasteiger charge is 2.13. The molecule has 0 atom stereocenters. The molecule has 0 spiro atoms. The summed E-state index contributed by atoms with van der Waals surface area (Å²) >= 11 is 0. The molecule has 1 aliphatic heterocycles. The number of nitrogens with one attached hydrogen (secondary N) is 2. The van der Waals surface area contributed by atoms with E-state index in [1.54, 1.807) is 6.20 Å². The summed E-state index contributed by atoms with van der Waals surface area (Å²) in [5.41, 5.74) is 1.66. The van der Waals surface area contributed by atoms with Gasteiger partial charge >= 0.3 is 0 Å². The summed E-state index contributed by atoms with van der Waals surface area (Å²) in [6, 6.07) is 13.5. The number of hydrogen-bond donors (Lipinski definition) is 2. The highest BCUT2D eigenvalue weighted by molar-refractivity contribution is 5.93. The molecule has 0 saturated carbocycles. The van der Waals surface area contributed by atoms with Gasteiger partial charge in [0.1, 0.15) is 5.82 Å². The number of para-hydroxylation sites is 1. The summed E-state index contributed by atoms with van der Waals surface area (Å²) in [5.74, 6) is 0.900. The summed E-state index contributed by atoms with van der Waals surface area (Å²) < 4.78 is 0. The van der Waals surface area contributed by atoms with E-state index < -0.39 is 0 Å². The number of benzene rings is 1. The van der Waals surface area contributed by atoms with Crippen LogP contribution in [0.3, 0.4) is 0 Å². The smallest absolute Gasteiger partial charge is 0.243 e. The molecule has 0 aliphatic carbocycles. The van der Waals surface area contributed by atoms with Crippen LogP contribution in [0.5, 0.6) is 0 Å². The van der Waals surface area contributed by atoms with Crippen molar-refractivity contribution >= 4 is 23.1 Å². The zero-order chi connectivity index (χ0) is 15.2. The highest BCUT2D eigenvalue weighted by atomic mass is 16.1. The van der Waals surface area contributed by atoms with E-state index in [9.17, 15) is 4.79 Å². The Kier molecular flexibility index (Phi) is 4.53. The number of aromatic nitrogens is 1. The first-order valence-corrected chi connectivity index (χ1v) is 7.61. The van der Waals surface area contributed by atoms with Crippen molar-refractivity contribution < 1.29 is 4.79 Å². The third-order valence-electron chi connectivity index (χ3n) is 3.69. The van der Waals surface area contributed by atoms with E-state index in [4.69, 9.17) is 0 Å². The fraction of sp³-hybridized carbons (Fsp3) is 0.294. The Morgan fingerprint density at radius 1 is 1.05 bits per heavy atom. The van der Waals surface area contributed by atoms with Gasteiger partial charge in [0.2, 0.25) is 5.91 Å². The summed E-state index contributed by atoms with van der Waals surface area (Å²) in [4.78, 5) is 18.6. The van der Waals surface area contributed by atoms with Crippen molar-refractivity contribution in [2.75, 3.05) is 35.2 Å². The summed E-state index contributed by atoms with van der Waals surface area (Å²) in [6.45, 7) is 2.37. The van der Waals surface area contributed by atoms with E-state index >= 15 is 0 Å². The van der Waals surface area contributed by atoms with Crippen molar-refractivity contribution in [1.29, 1.82) is 0 Å². The van der Waals surface area contributed by atoms with Crippen LogP contribution < -0.4 is 15.5 Å². The normalized spacial score (nSPS) is 13.9. The van der Waals surface area contributed by atoms with Crippen molar-refractivity contribution in [3.63, 3.8) is 0 Å². The first-order chi connectivity index (χ1) is 10.8. The van der Waals surface area contributed by atoms with E-state index in [1.165, 1.54) is 12.8 Å². The van der Waals surface area contributed by atoms with E-state index in [0.29, 0.717) is 0 Å². The Balaban J connectivity index is 1.50. The number of carbonyl (C=O) groups is 1. The molecule has 0 unspecified atom stereocenters. The number of rotatable bonds is 5. The lowest BCUT2D eigenvalue weighted by molar-refractivity contribution is -0.114. The zero-order valence-electron chi connectivity index (χ0n) is 12.5. The van der Waals surface area contributed by atoms with E-state index in [-0.39, 0.29) is 12.5 Å². The lowest BCUT2D eigenvalue weighted by atomic mass is 10.3. The van der Waals surface area contributed by atoms with Crippen molar-refractivity contribution in [2.45, 2.75) is 12.8 Å². The number of nitrogens with zero attached hydrogens (tertiary/aromatic N) is 2. The topological polar surface area (TPSA) is 57.3 Å². The maximum Gasteiger partial charge on any atom is 0.243 e. The largest absolute Gasteiger partial charge is 0.376 e. The Labute approximate surface area is 130 Å². The van der Waals surface area contributed by atoms with Crippen LogP contribution in [0.1, 0.15) is 12.8 Å². The van der Waals surface area contributed by atoms with Gasteiger partial charge in [-0.05, 0) is 37.1 Å². The SMILES string of the molecule is O=C(CNc1ccccc1)Nc1ccc(N2CCCC2)nc1. The first kappa shape index (κ1) is 14.4. The van der Waals surface area contributed by atoms with Gasteiger partial charge in [-0.15, -0.1) is 0 Å². The molecular formula is C17H20N4O. The number of anilines is 3. The van der Waals surface area contributed by atoms with Crippen LogP contribution in [0.2, 0.25) is 0 Å². The second-order valence-corrected chi connectivity index (χ2v) is 5.37. The van der Waals surface area contributed by atoms with Gasteiger partial charge in [-0.2, -0.15) is 0 Å². The fourth-order valence-electron chi connectivity index (χ4n) is 2.54. The van der Waals surface area contributed by atoms with Crippen molar-refractivity contribution in [3.8, 4) is 0 Å². The highest BCUT2D eigenvalue weighted by Crippen LogP contribution is 2.19. The van der Waals surface area contributed by atoms with Gasteiger partial charge in [0.25, 0.3) is 0 Å². The van der Waals surface area contributed by atoms with Crippen LogP contribution in [0, 0.1) is 0 Å². The number of amides is 1. The third kappa shape index (κ3) is 3.75. The average molecular weight is 296 g/mol. The van der Waals surface area contributed by atoms with Crippen LogP contribution in [0.4, 0.5) is 17.2 Å². The molecule has 22 heavy (non-hydrogen) atoms. The second-order valence-electron chi connectivity index (χ2n) is 5.37. The monoisotopic (exact) mass is 296 g/mol. The molecule has 2 aromatic rings. The minimum Gasteiger partial charge on any atom is -0.376 e. The third-order valence-corrected chi connectivity index (χ3v) is 3.69. The van der Waals surface area contributed by atoms with Gasteiger partial charge in [0, 0.05) is 18.8 Å². The Morgan fingerprint density at radius 2 is 1.82 bits per heavy atom. The van der Waals surface area contributed by atoms with Crippen molar-refractivity contribution in [3.05, 3.63) is 48.7 Å². The van der Waals surface area contributed by atoms with Crippen LogP contribution in [0.15, 0.2) is 48.7 Å². The Morgan fingerprint density at radius 3 is 2.50 bits per heavy atom. The van der Waals surface area contributed by atoms with Gasteiger partial charge in [0.05, 0.1) is 18.4 Å². The predicted octanol–water partition coefficient (Wildman–Crippen LogP) is 2.73. The molecule has 1 aromatic carbocycles. The average Bonchev–Trinajstić information content (AvgIpc) is 3.09. The van der Waals surface area contributed by atoms with Crippen LogP contribution in [0.25, 0.3) is 0 Å². The van der Waals surface area contributed by atoms with Gasteiger partial charge in [-0.25, -0.2) is 4.98 Å². The van der Waals surface area contributed by atoms with Crippen LogP contribution in [-0.4, -0.2) is 30.5 Å². The van der Waals surface area contributed by atoms with Gasteiger partial charge < -0.3 is 15.5 Å². The Hall–Kier alpha value is -2.56. The molecule has 1 fully saturated rings. The molecule has 1 aliphatic rings. The van der Waals surface area contributed by atoms with Crippen molar-refractivity contribution in [1.82, 2.24) is 4.98 Å². The summed E-state index contributed by atoms with van der Waals surface area (Å²) in [5, 5.41) is 5.93. The maximum atomic E-state index is 11.9. The quantitative estimate of drug-likeness (QED) is 0.891. The molecule has 0 bridgehead atoms. The molecule has 5 nitrogen and oxygen atoms in total. The molecule has 5 heteroatoms. The molecule has 1 amide bonds. The van der Waals surface area contributed by atoms with E-state index in [2.05, 4.69) is 20.5 Å². The van der Waals surface area contributed by atoms with Gasteiger partial charge in [-0.3, -0.25) is 4.79 Å². The zero-order valence-corrected chi connectivity index (χ0v) is 12.5. The van der Waals surface area contributed by atoms with Gasteiger partial charge in [-0.1, -0.05) is 18.2 Å². The lowest BCUT2D eigenvalue weighted by Gasteiger charge is -2.16. The molecular weight excluding hydrogens is 276 g/mol. The number of hydrogen-bond acceptors (Lipinski definition) is 4. The fourth-order valence-corrected chi connectivity index (χ4v) is 2.54. The summed E-state index contributed by atoms with van der Waals surface area (Å²) in [6.07, 6.45) is 4.17. The van der Waals surface area contributed by atoms with Crippen LogP contribution >= 0.6 is 0 Å².